The SMILES string of the molecule is c1cc2c(cc1C1CCCN1c1nn3cc(C4CCCC4)nc3s1)OCO2. The van der Waals surface area contributed by atoms with Gasteiger partial charge in [0.1, 0.15) is 0 Å². The maximum absolute atomic E-state index is 5.57. The minimum atomic E-state index is 0.320. The molecule has 0 N–H and O–H groups in total. The van der Waals surface area contributed by atoms with Crippen molar-refractivity contribution in [1.82, 2.24) is 14.6 Å². The highest BCUT2D eigenvalue weighted by molar-refractivity contribution is 7.20. The first-order valence-corrected chi connectivity index (χ1v) is 10.7. The van der Waals surface area contributed by atoms with Crippen molar-refractivity contribution in [3.63, 3.8) is 0 Å². The van der Waals surface area contributed by atoms with Gasteiger partial charge in [0.15, 0.2) is 11.5 Å². The first-order chi connectivity index (χ1) is 13.3. The first kappa shape index (κ1) is 15.7. The Hall–Kier alpha value is -2.28. The van der Waals surface area contributed by atoms with Crippen LogP contribution in [0.2, 0.25) is 0 Å². The van der Waals surface area contributed by atoms with Gasteiger partial charge in [0, 0.05) is 12.5 Å². The van der Waals surface area contributed by atoms with Crippen LogP contribution in [0.1, 0.15) is 61.7 Å². The van der Waals surface area contributed by atoms with Crippen molar-refractivity contribution in [2.75, 3.05) is 18.2 Å². The van der Waals surface area contributed by atoms with Gasteiger partial charge in [-0.25, -0.2) is 9.50 Å². The second-order valence-electron chi connectivity index (χ2n) is 7.72. The molecule has 2 aliphatic heterocycles. The van der Waals surface area contributed by atoms with Gasteiger partial charge < -0.3 is 14.4 Å². The molecule has 7 heteroatoms. The Balaban J connectivity index is 1.30. The Morgan fingerprint density at radius 2 is 1.93 bits per heavy atom. The third kappa shape index (κ3) is 2.59. The van der Waals surface area contributed by atoms with E-state index in [9.17, 15) is 0 Å². The number of imidazole rings is 1. The summed E-state index contributed by atoms with van der Waals surface area (Å²) in [7, 11) is 0. The Labute approximate surface area is 161 Å². The fraction of sp³-hybridized carbons (Fsp3) is 0.500. The molecule has 2 fully saturated rings. The van der Waals surface area contributed by atoms with E-state index in [1.807, 2.05) is 10.6 Å². The molecule has 1 atom stereocenters. The van der Waals surface area contributed by atoms with E-state index in [1.54, 1.807) is 11.3 Å². The zero-order chi connectivity index (χ0) is 17.8. The number of hydrogen-bond donors (Lipinski definition) is 0. The summed E-state index contributed by atoms with van der Waals surface area (Å²) in [5, 5.41) is 5.94. The monoisotopic (exact) mass is 382 g/mol. The number of aromatic nitrogens is 3. The van der Waals surface area contributed by atoms with Crippen molar-refractivity contribution in [3.05, 3.63) is 35.7 Å². The maximum Gasteiger partial charge on any atom is 0.231 e. The van der Waals surface area contributed by atoms with E-state index in [4.69, 9.17) is 19.6 Å². The van der Waals surface area contributed by atoms with Gasteiger partial charge in [-0.3, -0.25) is 0 Å². The van der Waals surface area contributed by atoms with Crippen molar-refractivity contribution in [3.8, 4) is 11.5 Å². The molecule has 1 unspecified atom stereocenters. The zero-order valence-electron chi connectivity index (χ0n) is 15.1. The molecule has 6 rings (SSSR count). The molecule has 2 aromatic heterocycles. The van der Waals surface area contributed by atoms with E-state index in [0.717, 1.165) is 34.6 Å². The van der Waals surface area contributed by atoms with Crippen LogP contribution in [0.5, 0.6) is 11.5 Å². The normalized spacial score (nSPS) is 22.4. The molecule has 4 heterocycles. The third-order valence-corrected chi connectivity index (χ3v) is 7.06. The van der Waals surface area contributed by atoms with Gasteiger partial charge in [-0.1, -0.05) is 30.2 Å². The molecule has 1 saturated carbocycles. The topological polar surface area (TPSA) is 51.9 Å². The lowest BCUT2D eigenvalue weighted by atomic mass is 10.0. The lowest BCUT2D eigenvalue weighted by molar-refractivity contribution is 0.174. The van der Waals surface area contributed by atoms with E-state index in [1.165, 1.54) is 43.4 Å². The second kappa shape index (κ2) is 6.12. The predicted molar refractivity (Wildman–Crippen MR) is 104 cm³/mol. The number of ether oxygens (including phenoxy) is 2. The molecule has 27 heavy (non-hydrogen) atoms. The molecule has 140 valence electrons. The van der Waals surface area contributed by atoms with Crippen LogP contribution in [0, 0.1) is 0 Å². The molecule has 0 radical (unpaired) electrons. The first-order valence-electron chi connectivity index (χ1n) is 9.87. The Morgan fingerprint density at radius 3 is 2.81 bits per heavy atom. The van der Waals surface area contributed by atoms with E-state index < -0.39 is 0 Å². The summed E-state index contributed by atoms with van der Waals surface area (Å²) in [6.07, 6.45) is 9.67. The largest absolute Gasteiger partial charge is 0.454 e. The molecule has 6 nitrogen and oxygen atoms in total. The number of fused-ring (bicyclic) bond motifs is 2. The van der Waals surface area contributed by atoms with Gasteiger partial charge in [0.2, 0.25) is 16.9 Å². The van der Waals surface area contributed by atoms with E-state index in [-0.39, 0.29) is 0 Å². The van der Waals surface area contributed by atoms with E-state index in [2.05, 4.69) is 23.2 Å². The molecule has 0 bridgehead atoms. The van der Waals surface area contributed by atoms with Gasteiger partial charge in [0.25, 0.3) is 0 Å². The number of benzene rings is 1. The summed E-state index contributed by atoms with van der Waals surface area (Å²) in [4.78, 5) is 8.33. The summed E-state index contributed by atoms with van der Waals surface area (Å²) in [5.74, 6) is 2.33. The number of nitrogens with zero attached hydrogens (tertiary/aromatic N) is 4. The molecule has 3 aromatic rings. The van der Waals surface area contributed by atoms with Crippen LogP contribution in [-0.2, 0) is 0 Å². The van der Waals surface area contributed by atoms with Gasteiger partial charge in [-0.15, -0.1) is 5.10 Å². The van der Waals surface area contributed by atoms with Crippen LogP contribution in [0.15, 0.2) is 24.4 Å². The van der Waals surface area contributed by atoms with Crippen molar-refractivity contribution >= 4 is 21.4 Å². The number of rotatable bonds is 3. The van der Waals surface area contributed by atoms with Crippen LogP contribution in [0.25, 0.3) is 4.96 Å². The van der Waals surface area contributed by atoms with Crippen LogP contribution in [-0.4, -0.2) is 27.9 Å². The average molecular weight is 382 g/mol. The molecule has 3 aliphatic rings. The molecular formula is C20H22N4O2S. The highest BCUT2D eigenvalue weighted by Gasteiger charge is 2.30. The highest BCUT2D eigenvalue weighted by Crippen LogP contribution is 2.42. The summed E-state index contributed by atoms with van der Waals surface area (Å²) in [5.41, 5.74) is 2.50. The molecule has 1 aliphatic carbocycles. The summed E-state index contributed by atoms with van der Waals surface area (Å²) in [6, 6.07) is 6.65. The molecule has 0 amide bonds. The fourth-order valence-corrected chi connectivity index (χ4v) is 5.67. The Kier molecular flexibility index (Phi) is 3.57. The van der Waals surface area contributed by atoms with Crippen LogP contribution in [0.3, 0.4) is 0 Å². The van der Waals surface area contributed by atoms with Crippen LogP contribution < -0.4 is 14.4 Å². The van der Waals surface area contributed by atoms with Crippen LogP contribution in [0.4, 0.5) is 5.13 Å². The van der Waals surface area contributed by atoms with Crippen molar-refractivity contribution in [2.24, 2.45) is 0 Å². The lowest BCUT2D eigenvalue weighted by Crippen LogP contribution is -2.22. The van der Waals surface area contributed by atoms with Gasteiger partial charge in [-0.2, -0.15) is 0 Å². The quantitative estimate of drug-likeness (QED) is 0.667. The minimum absolute atomic E-state index is 0.320. The van der Waals surface area contributed by atoms with E-state index in [0.29, 0.717) is 18.8 Å². The van der Waals surface area contributed by atoms with Crippen molar-refractivity contribution in [1.29, 1.82) is 0 Å². The lowest BCUT2D eigenvalue weighted by Gasteiger charge is -2.24. The standard InChI is InChI=1S/C20H22N4O2S/c1-2-5-13(4-1)15-11-24-19(21-15)27-20(22-24)23-9-3-6-16(23)14-7-8-17-18(10-14)26-12-25-17/h7-8,10-11,13,16H,1-6,9,12H2. The zero-order valence-corrected chi connectivity index (χ0v) is 16.0. The van der Waals surface area contributed by atoms with Crippen molar-refractivity contribution in [2.45, 2.75) is 50.5 Å². The Bertz CT molecular complexity index is 960. The fourth-order valence-electron chi connectivity index (χ4n) is 4.70. The summed E-state index contributed by atoms with van der Waals surface area (Å²) >= 11 is 1.71. The molecular weight excluding hydrogens is 360 g/mol. The maximum atomic E-state index is 5.57. The summed E-state index contributed by atoms with van der Waals surface area (Å²) < 4.78 is 13.0. The average Bonchev–Trinajstić information content (AvgIpc) is 3.49. The van der Waals surface area contributed by atoms with Crippen LogP contribution >= 0.6 is 11.3 Å². The van der Waals surface area contributed by atoms with Gasteiger partial charge >= 0.3 is 0 Å². The second-order valence-corrected chi connectivity index (χ2v) is 8.66. The highest BCUT2D eigenvalue weighted by atomic mass is 32.1. The molecule has 1 saturated heterocycles. The third-order valence-electron chi connectivity index (χ3n) is 6.10. The predicted octanol–water partition coefficient (Wildman–Crippen LogP) is 4.52. The number of hydrogen-bond acceptors (Lipinski definition) is 6. The molecule has 0 spiro atoms. The van der Waals surface area contributed by atoms with Gasteiger partial charge in [-0.05, 0) is 43.4 Å². The molecule has 1 aromatic carbocycles. The van der Waals surface area contributed by atoms with Crippen molar-refractivity contribution < 1.29 is 9.47 Å². The minimum Gasteiger partial charge on any atom is -0.454 e. The van der Waals surface area contributed by atoms with Gasteiger partial charge in [0.05, 0.1) is 17.9 Å². The van der Waals surface area contributed by atoms with E-state index >= 15 is 0 Å². The summed E-state index contributed by atoms with van der Waals surface area (Å²) in [6.45, 7) is 1.35. The number of anilines is 1. The smallest absolute Gasteiger partial charge is 0.231 e. The Morgan fingerprint density at radius 1 is 1.04 bits per heavy atom.